The van der Waals surface area contributed by atoms with E-state index in [-0.39, 0.29) is 12.1 Å². The Balaban J connectivity index is 2.19. The molecule has 0 spiro atoms. The van der Waals surface area contributed by atoms with Crippen molar-refractivity contribution in [2.75, 3.05) is 19.0 Å². The number of ether oxygens (including phenoxy) is 1. The Morgan fingerprint density at radius 3 is 2.68 bits per heavy atom. The highest BCUT2D eigenvalue weighted by atomic mass is 16.5. The Morgan fingerprint density at radius 2 is 2.11 bits per heavy atom. The topological polar surface area (TPSA) is 67.3 Å². The van der Waals surface area contributed by atoms with Gasteiger partial charge in [0.2, 0.25) is 5.88 Å². The van der Waals surface area contributed by atoms with E-state index in [0.717, 1.165) is 43.0 Å². The summed E-state index contributed by atoms with van der Waals surface area (Å²) in [6, 6.07) is 0. The molecule has 1 aliphatic carbocycles. The Hall–Kier alpha value is -1.36. The molecule has 1 saturated carbocycles. The Kier molecular flexibility index (Phi) is 4.24. The summed E-state index contributed by atoms with van der Waals surface area (Å²) in [6.45, 7) is 4.32. The van der Waals surface area contributed by atoms with Crippen LogP contribution in [0.2, 0.25) is 0 Å². The van der Waals surface area contributed by atoms with Gasteiger partial charge in [-0.05, 0) is 38.5 Å². The molecule has 5 heteroatoms. The molecule has 0 unspecified atom stereocenters. The van der Waals surface area contributed by atoms with Gasteiger partial charge in [-0.15, -0.1) is 0 Å². The van der Waals surface area contributed by atoms with Crippen molar-refractivity contribution >= 4 is 5.82 Å². The molecule has 0 saturated heterocycles. The van der Waals surface area contributed by atoms with Crippen molar-refractivity contribution in [2.45, 2.75) is 45.1 Å². The molecule has 0 bridgehead atoms. The van der Waals surface area contributed by atoms with Gasteiger partial charge < -0.3 is 15.2 Å². The molecule has 1 aliphatic rings. The number of nitrogens with zero attached hydrogens (tertiary/aromatic N) is 2. The van der Waals surface area contributed by atoms with Crippen LogP contribution in [0.1, 0.15) is 38.2 Å². The molecular formula is C14H23N3O2. The van der Waals surface area contributed by atoms with Crippen LogP contribution in [0.25, 0.3) is 0 Å². The van der Waals surface area contributed by atoms with Crippen molar-refractivity contribution in [1.82, 2.24) is 9.97 Å². The SMILES string of the molecule is COc1ncnc(NC2(CO)CCC(C)CC2)c1C. The average Bonchev–Trinajstić information content (AvgIpc) is 2.44. The summed E-state index contributed by atoms with van der Waals surface area (Å²) >= 11 is 0. The van der Waals surface area contributed by atoms with Gasteiger partial charge in [0.1, 0.15) is 12.1 Å². The van der Waals surface area contributed by atoms with E-state index in [4.69, 9.17) is 4.74 Å². The molecule has 0 atom stereocenters. The molecule has 2 rings (SSSR count). The zero-order chi connectivity index (χ0) is 13.9. The lowest BCUT2D eigenvalue weighted by atomic mass is 9.77. The van der Waals surface area contributed by atoms with Crippen LogP contribution in [0.4, 0.5) is 5.82 Å². The van der Waals surface area contributed by atoms with Crippen LogP contribution in [-0.4, -0.2) is 34.3 Å². The van der Waals surface area contributed by atoms with Crippen molar-refractivity contribution in [1.29, 1.82) is 0 Å². The zero-order valence-electron chi connectivity index (χ0n) is 11.9. The minimum Gasteiger partial charge on any atom is -0.481 e. The third kappa shape index (κ3) is 2.97. The maximum atomic E-state index is 9.77. The van der Waals surface area contributed by atoms with Crippen LogP contribution in [0.3, 0.4) is 0 Å². The second kappa shape index (κ2) is 5.74. The monoisotopic (exact) mass is 265 g/mol. The highest BCUT2D eigenvalue weighted by Gasteiger charge is 2.34. The molecule has 5 nitrogen and oxygen atoms in total. The van der Waals surface area contributed by atoms with Gasteiger partial charge in [0, 0.05) is 0 Å². The van der Waals surface area contributed by atoms with Crippen LogP contribution in [-0.2, 0) is 0 Å². The van der Waals surface area contributed by atoms with Gasteiger partial charge in [0.05, 0.1) is 24.8 Å². The molecule has 0 amide bonds. The van der Waals surface area contributed by atoms with Gasteiger partial charge in [-0.3, -0.25) is 0 Å². The second-order valence-electron chi connectivity index (χ2n) is 5.60. The molecule has 1 heterocycles. The fourth-order valence-corrected chi connectivity index (χ4v) is 2.65. The van der Waals surface area contributed by atoms with Crippen LogP contribution in [0, 0.1) is 12.8 Å². The number of hydrogen-bond acceptors (Lipinski definition) is 5. The number of aliphatic hydroxyl groups excluding tert-OH is 1. The first-order valence-electron chi connectivity index (χ1n) is 6.85. The molecule has 1 aromatic heterocycles. The zero-order valence-corrected chi connectivity index (χ0v) is 11.9. The van der Waals surface area contributed by atoms with Gasteiger partial charge in [-0.2, -0.15) is 0 Å². The van der Waals surface area contributed by atoms with E-state index in [1.807, 2.05) is 6.92 Å². The van der Waals surface area contributed by atoms with E-state index in [2.05, 4.69) is 22.2 Å². The molecule has 2 N–H and O–H groups in total. The van der Waals surface area contributed by atoms with Crippen LogP contribution < -0.4 is 10.1 Å². The number of nitrogens with one attached hydrogen (secondary N) is 1. The predicted molar refractivity (Wildman–Crippen MR) is 74.4 cm³/mol. The van der Waals surface area contributed by atoms with Crippen molar-refractivity contribution in [3.05, 3.63) is 11.9 Å². The summed E-state index contributed by atoms with van der Waals surface area (Å²) in [5.74, 6) is 2.08. The fourth-order valence-electron chi connectivity index (χ4n) is 2.65. The van der Waals surface area contributed by atoms with E-state index >= 15 is 0 Å². The quantitative estimate of drug-likeness (QED) is 0.873. The second-order valence-corrected chi connectivity index (χ2v) is 5.60. The summed E-state index contributed by atoms with van der Waals surface area (Å²) in [6.07, 6.45) is 5.70. The minimum atomic E-state index is -0.253. The summed E-state index contributed by atoms with van der Waals surface area (Å²) < 4.78 is 5.20. The standard InChI is InChI=1S/C14H23N3O2/c1-10-4-6-14(8-18,7-5-10)17-12-11(2)13(19-3)16-9-15-12/h9-10,18H,4-8H2,1-3H3,(H,15,16,17). The number of hydrogen-bond donors (Lipinski definition) is 2. The molecule has 1 fully saturated rings. The molecule has 19 heavy (non-hydrogen) atoms. The Bertz CT molecular complexity index is 429. The largest absolute Gasteiger partial charge is 0.481 e. The van der Waals surface area contributed by atoms with Crippen molar-refractivity contribution in [2.24, 2.45) is 5.92 Å². The summed E-state index contributed by atoms with van der Waals surface area (Å²) in [5, 5.41) is 13.2. The van der Waals surface area contributed by atoms with E-state index in [1.54, 1.807) is 7.11 Å². The highest BCUT2D eigenvalue weighted by molar-refractivity contribution is 5.49. The first-order valence-corrected chi connectivity index (χ1v) is 6.85. The maximum Gasteiger partial charge on any atom is 0.221 e. The van der Waals surface area contributed by atoms with Gasteiger partial charge in [0.25, 0.3) is 0 Å². The first-order chi connectivity index (χ1) is 9.10. The Labute approximate surface area is 114 Å². The number of methoxy groups -OCH3 is 1. The number of aliphatic hydroxyl groups is 1. The lowest BCUT2D eigenvalue weighted by Crippen LogP contribution is -2.45. The highest BCUT2D eigenvalue weighted by Crippen LogP contribution is 2.35. The molecule has 0 aromatic carbocycles. The van der Waals surface area contributed by atoms with Crippen molar-refractivity contribution in [3.63, 3.8) is 0 Å². The smallest absolute Gasteiger partial charge is 0.221 e. The van der Waals surface area contributed by atoms with Crippen LogP contribution in [0.15, 0.2) is 6.33 Å². The average molecular weight is 265 g/mol. The summed E-state index contributed by atoms with van der Waals surface area (Å²) in [5.41, 5.74) is 0.632. The van der Waals surface area contributed by atoms with Gasteiger partial charge >= 0.3 is 0 Å². The normalized spacial score (nSPS) is 27.1. The van der Waals surface area contributed by atoms with E-state index in [1.165, 1.54) is 6.33 Å². The van der Waals surface area contributed by atoms with E-state index in [9.17, 15) is 5.11 Å². The first kappa shape index (κ1) is 14.1. The lowest BCUT2D eigenvalue weighted by molar-refractivity contribution is 0.155. The minimum absolute atomic E-state index is 0.130. The number of anilines is 1. The van der Waals surface area contributed by atoms with Gasteiger partial charge in [0.15, 0.2) is 0 Å². The number of aromatic nitrogens is 2. The van der Waals surface area contributed by atoms with E-state index in [0.29, 0.717) is 5.88 Å². The summed E-state index contributed by atoms with van der Waals surface area (Å²) in [7, 11) is 1.60. The van der Waals surface area contributed by atoms with Crippen LogP contribution >= 0.6 is 0 Å². The fraction of sp³-hybridized carbons (Fsp3) is 0.714. The van der Waals surface area contributed by atoms with Crippen molar-refractivity contribution in [3.8, 4) is 5.88 Å². The van der Waals surface area contributed by atoms with Gasteiger partial charge in [-0.1, -0.05) is 6.92 Å². The third-order valence-electron chi connectivity index (χ3n) is 4.15. The maximum absolute atomic E-state index is 9.77. The van der Waals surface area contributed by atoms with E-state index < -0.39 is 0 Å². The lowest BCUT2D eigenvalue weighted by Gasteiger charge is -2.39. The van der Waals surface area contributed by atoms with Crippen LogP contribution in [0.5, 0.6) is 5.88 Å². The van der Waals surface area contributed by atoms with Gasteiger partial charge in [-0.25, -0.2) is 9.97 Å². The molecule has 1 aromatic rings. The third-order valence-corrected chi connectivity index (χ3v) is 4.15. The Morgan fingerprint density at radius 1 is 1.42 bits per heavy atom. The van der Waals surface area contributed by atoms with Crippen molar-refractivity contribution < 1.29 is 9.84 Å². The molecule has 0 aliphatic heterocycles. The molecule has 106 valence electrons. The predicted octanol–water partition coefficient (Wildman–Crippen LogP) is 2.15. The molecular weight excluding hydrogens is 242 g/mol. The molecule has 0 radical (unpaired) electrons. The number of rotatable bonds is 4. The summed E-state index contributed by atoms with van der Waals surface area (Å²) in [4.78, 5) is 8.35.